The van der Waals surface area contributed by atoms with E-state index < -0.39 is 17.9 Å². The molecule has 39 heavy (non-hydrogen) atoms. The molecule has 0 aliphatic carbocycles. The van der Waals surface area contributed by atoms with Gasteiger partial charge in [-0.25, -0.2) is 10.2 Å². The number of methoxy groups -OCH3 is 1. The number of benzene rings is 2. The molecule has 0 spiro atoms. The average molecular weight is 665 g/mol. The molecule has 0 saturated carbocycles. The minimum atomic E-state index is -0.625. The fourth-order valence-electron chi connectivity index (χ4n) is 3.74. The molecule has 0 fully saturated rings. The molecule has 3 rings (SSSR count). The van der Waals surface area contributed by atoms with Gasteiger partial charge in [-0.2, -0.15) is 5.10 Å². The summed E-state index contributed by atoms with van der Waals surface area (Å²) in [6.07, 6.45) is 3.09. The van der Waals surface area contributed by atoms with Crippen molar-refractivity contribution in [2.45, 2.75) is 19.9 Å². The van der Waals surface area contributed by atoms with Crippen LogP contribution >= 0.6 is 34.8 Å². The number of nitrogens with zero attached hydrogens (tertiary/aromatic N) is 1. The lowest BCUT2D eigenvalue weighted by molar-refractivity contribution is -0.139. The summed E-state index contributed by atoms with van der Waals surface area (Å²) in [4.78, 5) is 25.3. The Hall–Kier alpha value is -3.65. The Labute approximate surface area is 245 Å². The van der Waals surface area contributed by atoms with Crippen molar-refractivity contribution in [2.75, 3.05) is 26.9 Å². The zero-order chi connectivity index (χ0) is 28.4. The van der Waals surface area contributed by atoms with Crippen LogP contribution in [0.25, 0.3) is 0 Å². The summed E-state index contributed by atoms with van der Waals surface area (Å²) in [7, 11) is 1.55. The van der Waals surface area contributed by atoms with E-state index in [1.54, 1.807) is 51.3 Å². The molecule has 0 saturated heterocycles. The third kappa shape index (κ3) is 7.93. The van der Waals surface area contributed by atoms with Crippen LogP contribution in [0, 0.1) is 3.57 Å². The minimum absolute atomic E-state index is 0.225. The van der Waals surface area contributed by atoms with E-state index in [1.165, 1.54) is 6.21 Å². The van der Waals surface area contributed by atoms with Gasteiger partial charge < -0.3 is 29.6 Å². The van der Waals surface area contributed by atoms with Crippen LogP contribution in [-0.2, 0) is 14.3 Å². The van der Waals surface area contributed by atoms with Gasteiger partial charge >= 0.3 is 5.97 Å². The van der Waals surface area contributed by atoms with Gasteiger partial charge in [0.25, 0.3) is 5.91 Å². The standard InChI is InChI=1S/C27H29IN4O6S/c1-5-11-37-25-17(12-18(28)13-21(25)35-4)14-29-32-22(33)15-38-20-10-8-7-9-19(20)24-23(26(34)36-6-2)16(3)30-27(39)31-24/h5,7-10,12-14,24H,1,6,11,15H2,2-4H3,(H,32,33)(H2,30,31,39)/t24-/m0/s1. The van der Waals surface area contributed by atoms with Crippen LogP contribution < -0.4 is 30.3 Å². The summed E-state index contributed by atoms with van der Waals surface area (Å²) >= 11 is 7.46. The molecule has 0 bridgehead atoms. The van der Waals surface area contributed by atoms with Gasteiger partial charge in [-0.05, 0) is 66.9 Å². The molecule has 0 unspecified atom stereocenters. The molecule has 206 valence electrons. The Morgan fingerprint density at radius 1 is 1.23 bits per heavy atom. The fraction of sp³-hybridized carbons (Fsp3) is 0.259. The maximum Gasteiger partial charge on any atom is 0.338 e. The molecule has 3 N–H and O–H groups in total. The third-order valence-electron chi connectivity index (χ3n) is 5.36. The van der Waals surface area contributed by atoms with E-state index in [1.807, 2.05) is 12.1 Å². The van der Waals surface area contributed by atoms with Gasteiger partial charge in [0.05, 0.1) is 31.5 Å². The lowest BCUT2D eigenvalue weighted by atomic mass is 9.95. The average Bonchev–Trinajstić information content (AvgIpc) is 2.90. The lowest BCUT2D eigenvalue weighted by Gasteiger charge is -2.30. The number of halogens is 1. The zero-order valence-corrected chi connectivity index (χ0v) is 24.7. The van der Waals surface area contributed by atoms with E-state index in [9.17, 15) is 9.59 Å². The number of carbonyl (C=O) groups is 2. The Morgan fingerprint density at radius 2 is 2.00 bits per heavy atom. The quantitative estimate of drug-likeness (QED) is 0.0779. The summed E-state index contributed by atoms with van der Waals surface area (Å²) in [5.41, 5.74) is 4.64. The molecule has 0 aromatic heterocycles. The topological polar surface area (TPSA) is 120 Å². The summed E-state index contributed by atoms with van der Waals surface area (Å²) in [6.45, 7) is 7.33. The summed E-state index contributed by atoms with van der Waals surface area (Å²) < 4.78 is 23.1. The van der Waals surface area contributed by atoms with Crippen LogP contribution in [0.4, 0.5) is 0 Å². The predicted octanol–water partition coefficient (Wildman–Crippen LogP) is 3.75. The molecule has 12 heteroatoms. The molecular formula is C27H29IN4O6S. The number of nitrogens with one attached hydrogen (secondary N) is 3. The molecule has 2 aromatic carbocycles. The monoisotopic (exact) mass is 664 g/mol. The molecule has 1 aliphatic heterocycles. The van der Waals surface area contributed by atoms with Crippen molar-refractivity contribution in [3.05, 3.63) is 75.0 Å². The van der Waals surface area contributed by atoms with Crippen molar-refractivity contribution >= 4 is 58.0 Å². The SMILES string of the molecule is C=CCOc1c(C=NNC(=O)COc2ccccc2[C@@H]2NC(=S)NC(C)=C2C(=O)OCC)cc(I)cc1OC. The first-order chi connectivity index (χ1) is 18.8. The van der Waals surface area contributed by atoms with Crippen LogP contribution in [-0.4, -0.2) is 50.1 Å². The van der Waals surface area contributed by atoms with Crippen molar-refractivity contribution in [1.29, 1.82) is 0 Å². The van der Waals surface area contributed by atoms with Crippen molar-refractivity contribution in [1.82, 2.24) is 16.1 Å². The number of allylic oxidation sites excluding steroid dienone is 1. The maximum absolute atomic E-state index is 12.7. The summed E-state index contributed by atoms with van der Waals surface area (Å²) in [6, 6.07) is 10.1. The van der Waals surface area contributed by atoms with E-state index in [0.717, 1.165) is 3.57 Å². The summed E-state index contributed by atoms with van der Waals surface area (Å²) in [5, 5.41) is 10.5. The van der Waals surface area contributed by atoms with Crippen LogP contribution in [0.5, 0.6) is 17.2 Å². The number of para-hydroxylation sites is 1. The molecule has 1 amide bonds. The molecule has 1 aliphatic rings. The first kappa shape index (κ1) is 29.9. The Morgan fingerprint density at radius 3 is 2.72 bits per heavy atom. The van der Waals surface area contributed by atoms with E-state index in [4.69, 9.17) is 31.2 Å². The highest BCUT2D eigenvalue weighted by molar-refractivity contribution is 14.1. The second-order valence-corrected chi connectivity index (χ2v) is 9.69. The maximum atomic E-state index is 12.7. The normalized spacial score (nSPS) is 14.8. The molecule has 2 aromatic rings. The number of rotatable bonds is 12. The number of carbonyl (C=O) groups excluding carboxylic acids is 2. The van der Waals surface area contributed by atoms with Crippen molar-refractivity contribution < 1.29 is 28.5 Å². The highest BCUT2D eigenvalue weighted by Gasteiger charge is 2.32. The van der Waals surface area contributed by atoms with Gasteiger partial charge in [-0.15, -0.1) is 0 Å². The lowest BCUT2D eigenvalue weighted by Crippen LogP contribution is -2.45. The first-order valence-corrected chi connectivity index (χ1v) is 13.4. The Bertz CT molecular complexity index is 1310. The number of hydrazone groups is 1. The third-order valence-corrected chi connectivity index (χ3v) is 6.20. The number of thiocarbonyl (C=S) groups is 1. The fourth-order valence-corrected chi connectivity index (χ4v) is 4.63. The zero-order valence-electron chi connectivity index (χ0n) is 21.7. The second kappa shape index (κ2) is 14.5. The number of esters is 1. The Kier molecular flexibility index (Phi) is 11.1. The number of ether oxygens (including phenoxy) is 4. The van der Waals surface area contributed by atoms with E-state index in [2.05, 4.69) is 50.3 Å². The van der Waals surface area contributed by atoms with Crippen LogP contribution in [0.3, 0.4) is 0 Å². The van der Waals surface area contributed by atoms with Crippen LogP contribution in [0.15, 0.2) is 65.4 Å². The minimum Gasteiger partial charge on any atom is -0.493 e. The van der Waals surface area contributed by atoms with Gasteiger partial charge in [-0.3, -0.25) is 4.79 Å². The smallest absolute Gasteiger partial charge is 0.338 e. The highest BCUT2D eigenvalue weighted by Crippen LogP contribution is 2.34. The van der Waals surface area contributed by atoms with Gasteiger partial charge in [0.1, 0.15) is 12.4 Å². The molecular weight excluding hydrogens is 635 g/mol. The van der Waals surface area contributed by atoms with Crippen molar-refractivity contribution in [3.8, 4) is 17.2 Å². The van der Waals surface area contributed by atoms with Crippen LogP contribution in [0.2, 0.25) is 0 Å². The van der Waals surface area contributed by atoms with Crippen LogP contribution in [0.1, 0.15) is 31.0 Å². The number of hydrogen-bond donors (Lipinski definition) is 3. The van der Waals surface area contributed by atoms with Gasteiger partial charge in [0.2, 0.25) is 0 Å². The van der Waals surface area contributed by atoms with Gasteiger partial charge in [0.15, 0.2) is 23.2 Å². The molecule has 0 radical (unpaired) electrons. The predicted molar refractivity (Wildman–Crippen MR) is 160 cm³/mol. The molecule has 1 atom stereocenters. The number of hydrogen-bond acceptors (Lipinski definition) is 8. The van der Waals surface area contributed by atoms with E-state index in [0.29, 0.717) is 44.8 Å². The van der Waals surface area contributed by atoms with Gasteiger partial charge in [0, 0.05) is 20.4 Å². The number of amides is 1. The Balaban J connectivity index is 1.74. The van der Waals surface area contributed by atoms with Crippen molar-refractivity contribution in [2.24, 2.45) is 5.10 Å². The van der Waals surface area contributed by atoms with Gasteiger partial charge in [-0.1, -0.05) is 30.9 Å². The first-order valence-electron chi connectivity index (χ1n) is 11.9. The van der Waals surface area contributed by atoms with E-state index >= 15 is 0 Å². The second-order valence-electron chi connectivity index (χ2n) is 8.04. The highest BCUT2D eigenvalue weighted by atomic mass is 127. The van der Waals surface area contributed by atoms with E-state index in [-0.39, 0.29) is 19.8 Å². The molecule has 1 heterocycles. The molecule has 10 nitrogen and oxygen atoms in total. The largest absolute Gasteiger partial charge is 0.493 e. The van der Waals surface area contributed by atoms with Crippen molar-refractivity contribution in [3.63, 3.8) is 0 Å². The summed E-state index contributed by atoms with van der Waals surface area (Å²) in [5.74, 6) is 0.449.